The van der Waals surface area contributed by atoms with Gasteiger partial charge in [0, 0.05) is 13.5 Å². The van der Waals surface area contributed by atoms with Gasteiger partial charge in [0.05, 0.1) is 23.4 Å². The highest BCUT2D eigenvalue weighted by Crippen LogP contribution is 2.52. The number of carbonyl (C=O) groups is 2. The molecule has 1 aliphatic carbocycles. The average molecular weight is 619 g/mol. The second kappa shape index (κ2) is 10.0. The smallest absolute Gasteiger partial charge is 0.358 e. The van der Waals surface area contributed by atoms with Gasteiger partial charge in [-0.2, -0.15) is 0 Å². The highest BCUT2D eigenvalue weighted by Gasteiger charge is 2.65. The molecule has 0 saturated carbocycles. The number of carbonyl (C=O) groups excluding carboxylic acids is 2. The molecule has 194 valence electrons. The van der Waals surface area contributed by atoms with E-state index in [-0.39, 0.29) is 34.6 Å². The van der Waals surface area contributed by atoms with Crippen LogP contribution in [0.3, 0.4) is 0 Å². The lowest BCUT2D eigenvalue weighted by Crippen LogP contribution is -2.67. The summed E-state index contributed by atoms with van der Waals surface area (Å²) in [4.78, 5) is 27.9. The van der Waals surface area contributed by atoms with Crippen molar-refractivity contribution in [3.63, 3.8) is 0 Å². The zero-order valence-electron chi connectivity index (χ0n) is 21.9. The maximum atomic E-state index is 14.2. The summed E-state index contributed by atoms with van der Waals surface area (Å²) in [6, 6.07) is 3.44. The number of ether oxygens (including phenoxy) is 5. The van der Waals surface area contributed by atoms with Crippen molar-refractivity contribution in [2.75, 3.05) is 28.1 Å². The Bertz CT molecular complexity index is 1040. The fourth-order valence-electron chi connectivity index (χ4n) is 4.34. The van der Waals surface area contributed by atoms with Crippen molar-refractivity contribution in [1.29, 1.82) is 0 Å². The van der Waals surface area contributed by atoms with Crippen LogP contribution in [0.1, 0.15) is 44.5 Å². The number of hydrogen-bond acceptors (Lipinski definition) is 8. The zero-order valence-corrected chi connectivity index (χ0v) is 25.0. The maximum Gasteiger partial charge on any atom is 0.358 e. The van der Waals surface area contributed by atoms with Crippen LogP contribution in [0, 0.1) is 9.49 Å². The van der Waals surface area contributed by atoms with Crippen LogP contribution >= 0.6 is 22.6 Å². The standard InChI is InChI=1S/C25H35IO8Si/c1-14-12-17(30-6)19-20(27)18-16(11-10-15(26)21(18)32-13-29-5)33-25(19,23(28)31-7)22(14)34-35(8,9)24(2,3)4/h10-11,14,22H,12-13H2,1-9H3/t14-,22-,25+/m1/s1. The summed E-state index contributed by atoms with van der Waals surface area (Å²) in [6.07, 6.45) is -0.351. The second-order valence-corrected chi connectivity index (χ2v) is 16.4. The highest BCUT2D eigenvalue weighted by atomic mass is 127. The van der Waals surface area contributed by atoms with Crippen LogP contribution < -0.4 is 9.47 Å². The van der Waals surface area contributed by atoms with Crippen LogP contribution in [0.2, 0.25) is 18.1 Å². The molecule has 3 atom stereocenters. The molecule has 0 unspecified atom stereocenters. The third-order valence-electron chi connectivity index (χ3n) is 7.16. The Balaban J connectivity index is 2.32. The summed E-state index contributed by atoms with van der Waals surface area (Å²) < 4.78 is 35.9. The Morgan fingerprint density at radius 3 is 2.43 bits per heavy atom. The van der Waals surface area contributed by atoms with Crippen LogP contribution in [0.5, 0.6) is 11.5 Å². The Hall–Kier alpha value is -1.63. The first kappa shape index (κ1) is 27.9. The number of methoxy groups -OCH3 is 3. The van der Waals surface area contributed by atoms with E-state index in [9.17, 15) is 9.59 Å². The number of rotatable bonds is 7. The number of allylic oxidation sites excluding steroid dienone is 1. The molecule has 0 saturated heterocycles. The van der Waals surface area contributed by atoms with E-state index in [1.807, 2.05) is 6.92 Å². The number of halogens is 1. The van der Waals surface area contributed by atoms with E-state index in [0.29, 0.717) is 21.5 Å². The van der Waals surface area contributed by atoms with Gasteiger partial charge in [0.2, 0.25) is 5.78 Å². The molecule has 35 heavy (non-hydrogen) atoms. The lowest BCUT2D eigenvalue weighted by molar-refractivity contribution is -0.169. The van der Waals surface area contributed by atoms with E-state index >= 15 is 0 Å². The molecule has 1 heterocycles. The van der Waals surface area contributed by atoms with Crippen molar-refractivity contribution in [3.8, 4) is 11.5 Å². The monoisotopic (exact) mass is 618 g/mol. The number of Topliss-reactive ketones (excluding diaryl/α,β-unsaturated/α-hetero) is 1. The normalized spacial score (nSPS) is 24.3. The second-order valence-electron chi connectivity index (χ2n) is 10.4. The summed E-state index contributed by atoms with van der Waals surface area (Å²) in [7, 11) is 1.87. The number of benzene rings is 1. The molecule has 0 spiro atoms. The number of esters is 1. The van der Waals surface area contributed by atoms with Gasteiger partial charge in [-0.25, -0.2) is 4.79 Å². The van der Waals surface area contributed by atoms with E-state index in [0.717, 1.165) is 0 Å². The molecule has 10 heteroatoms. The SMILES string of the molecule is COCOc1c(I)ccc2c1C(=O)C1=C(OC)C[C@@H](C)[C@@H](O[Si](C)(C)C(C)(C)C)[C@@]1(C(=O)OC)O2. The van der Waals surface area contributed by atoms with E-state index < -0.39 is 31.8 Å². The van der Waals surface area contributed by atoms with Crippen molar-refractivity contribution in [1.82, 2.24) is 0 Å². The first-order chi connectivity index (χ1) is 16.3. The third kappa shape index (κ3) is 4.62. The van der Waals surface area contributed by atoms with Gasteiger partial charge in [-0.15, -0.1) is 0 Å². The van der Waals surface area contributed by atoms with Crippen molar-refractivity contribution >= 4 is 42.7 Å². The topological polar surface area (TPSA) is 89.5 Å². The number of ketones is 1. The fourth-order valence-corrected chi connectivity index (χ4v) is 6.33. The maximum absolute atomic E-state index is 14.2. The lowest BCUT2D eigenvalue weighted by Gasteiger charge is -2.51. The Labute approximate surface area is 221 Å². The van der Waals surface area contributed by atoms with E-state index in [1.165, 1.54) is 21.3 Å². The Morgan fingerprint density at radius 2 is 1.89 bits per heavy atom. The summed E-state index contributed by atoms with van der Waals surface area (Å²) >= 11 is 2.09. The molecule has 2 aliphatic rings. The molecule has 8 nitrogen and oxygen atoms in total. The van der Waals surface area contributed by atoms with Crippen LogP contribution in [0.4, 0.5) is 0 Å². The fraction of sp³-hybridized carbons (Fsp3) is 0.600. The summed E-state index contributed by atoms with van der Waals surface area (Å²) in [5.41, 5.74) is -1.49. The first-order valence-corrected chi connectivity index (χ1v) is 15.5. The van der Waals surface area contributed by atoms with E-state index in [2.05, 4.69) is 56.5 Å². The van der Waals surface area contributed by atoms with Crippen molar-refractivity contribution in [2.45, 2.75) is 64.0 Å². The third-order valence-corrected chi connectivity index (χ3v) is 12.5. The van der Waals surface area contributed by atoms with Crippen LogP contribution in [-0.2, 0) is 23.4 Å². The minimum Gasteiger partial charge on any atom is -0.500 e. The summed E-state index contributed by atoms with van der Waals surface area (Å²) in [5.74, 6) is -0.363. The van der Waals surface area contributed by atoms with Crippen LogP contribution in [0.25, 0.3) is 0 Å². The van der Waals surface area contributed by atoms with Gasteiger partial charge in [0.1, 0.15) is 23.2 Å². The molecular weight excluding hydrogens is 583 g/mol. The van der Waals surface area contributed by atoms with Crippen LogP contribution in [-0.4, -0.2) is 59.9 Å². The molecule has 0 N–H and O–H groups in total. The molecule has 1 aromatic carbocycles. The zero-order chi connectivity index (χ0) is 26.3. The summed E-state index contributed by atoms with van der Waals surface area (Å²) in [6.45, 7) is 12.5. The molecule has 1 aromatic rings. The molecule has 0 bridgehead atoms. The van der Waals surface area contributed by atoms with Crippen molar-refractivity contribution in [3.05, 3.63) is 32.6 Å². The molecule has 0 amide bonds. The molecule has 0 fully saturated rings. The van der Waals surface area contributed by atoms with Gasteiger partial charge in [-0.1, -0.05) is 27.7 Å². The Morgan fingerprint density at radius 1 is 1.23 bits per heavy atom. The van der Waals surface area contributed by atoms with Gasteiger partial charge in [0.15, 0.2) is 20.9 Å². The van der Waals surface area contributed by atoms with Gasteiger partial charge >= 0.3 is 5.97 Å². The largest absolute Gasteiger partial charge is 0.500 e. The highest BCUT2D eigenvalue weighted by molar-refractivity contribution is 14.1. The van der Waals surface area contributed by atoms with Gasteiger partial charge in [0.25, 0.3) is 5.60 Å². The summed E-state index contributed by atoms with van der Waals surface area (Å²) in [5, 5.41) is -0.136. The first-order valence-electron chi connectivity index (χ1n) is 11.5. The number of hydrogen-bond donors (Lipinski definition) is 0. The minimum absolute atomic E-state index is 0.0494. The predicted molar refractivity (Wildman–Crippen MR) is 141 cm³/mol. The van der Waals surface area contributed by atoms with E-state index in [4.69, 9.17) is 28.1 Å². The minimum atomic E-state index is -2.40. The molecular formula is C25H35IO8Si. The molecule has 3 rings (SSSR count). The average Bonchev–Trinajstić information content (AvgIpc) is 2.78. The molecule has 1 aliphatic heterocycles. The van der Waals surface area contributed by atoms with Crippen molar-refractivity contribution in [2.24, 2.45) is 5.92 Å². The Kier molecular flexibility index (Phi) is 8.00. The van der Waals surface area contributed by atoms with Gasteiger partial charge in [-0.3, -0.25) is 4.79 Å². The molecule has 0 aromatic heterocycles. The van der Waals surface area contributed by atoms with Gasteiger partial charge in [-0.05, 0) is 58.8 Å². The number of fused-ring (bicyclic) bond motifs is 2. The lowest BCUT2D eigenvalue weighted by atomic mass is 9.70. The van der Waals surface area contributed by atoms with E-state index in [1.54, 1.807) is 12.1 Å². The van der Waals surface area contributed by atoms with Gasteiger partial charge < -0.3 is 28.1 Å². The predicted octanol–water partition coefficient (Wildman–Crippen LogP) is 5.09. The van der Waals surface area contributed by atoms with Crippen molar-refractivity contribution < 1.29 is 37.7 Å². The van der Waals surface area contributed by atoms with Crippen LogP contribution in [0.15, 0.2) is 23.5 Å². The quantitative estimate of drug-likeness (QED) is 0.181. The molecule has 0 radical (unpaired) electrons.